The highest BCUT2D eigenvalue weighted by molar-refractivity contribution is 6.05. The first kappa shape index (κ1) is 28.9. The normalized spacial score (nSPS) is 14.4. The molecule has 0 amide bonds. The average molecular weight is 584 g/mol. The lowest BCUT2D eigenvalue weighted by molar-refractivity contribution is 0.0683. The van der Waals surface area contributed by atoms with E-state index in [1.165, 1.54) is 12.1 Å². The number of aryl methyl sites for hydroxylation is 4. The first-order chi connectivity index (χ1) is 20.8. The third-order valence-electron chi connectivity index (χ3n) is 8.76. The summed E-state index contributed by atoms with van der Waals surface area (Å²) in [6.07, 6.45) is 3.02. The number of ether oxygens (including phenoxy) is 2. The van der Waals surface area contributed by atoms with Gasteiger partial charge >= 0.3 is 5.97 Å². The van der Waals surface area contributed by atoms with Crippen LogP contribution in [0.5, 0.6) is 5.75 Å². The number of aromatic nitrogens is 3. The van der Waals surface area contributed by atoms with E-state index in [1.54, 1.807) is 6.07 Å². The van der Waals surface area contributed by atoms with Gasteiger partial charge in [0.25, 0.3) is 0 Å². The van der Waals surface area contributed by atoms with Crippen LogP contribution in [0.2, 0.25) is 0 Å². The number of rotatable bonds is 7. The van der Waals surface area contributed by atoms with E-state index in [4.69, 9.17) is 14.6 Å². The zero-order valence-corrected chi connectivity index (χ0v) is 25.2. The smallest absolute Gasteiger partial charge is 0.352 e. The van der Waals surface area contributed by atoms with E-state index in [0.29, 0.717) is 44.2 Å². The van der Waals surface area contributed by atoms with E-state index >= 15 is 0 Å². The van der Waals surface area contributed by atoms with Crippen molar-refractivity contribution in [2.45, 2.75) is 65.5 Å². The minimum atomic E-state index is -0.924. The maximum atomic E-state index is 13.8. The highest BCUT2D eigenvalue weighted by Gasteiger charge is 2.30. The van der Waals surface area contributed by atoms with Gasteiger partial charge in [-0.15, -0.1) is 0 Å². The van der Waals surface area contributed by atoms with Gasteiger partial charge in [-0.2, -0.15) is 5.10 Å². The average Bonchev–Trinajstić information content (AvgIpc) is 3.47. The minimum absolute atomic E-state index is 0.0897. The van der Waals surface area contributed by atoms with Gasteiger partial charge in [0.05, 0.1) is 30.1 Å². The van der Waals surface area contributed by atoms with Crippen LogP contribution in [-0.4, -0.2) is 38.6 Å². The molecule has 0 fully saturated rings. The first-order valence-corrected chi connectivity index (χ1v) is 15.1. The monoisotopic (exact) mass is 583 g/mol. The molecule has 43 heavy (non-hydrogen) atoms. The van der Waals surface area contributed by atoms with E-state index in [2.05, 4.69) is 32.9 Å². The summed E-state index contributed by atoms with van der Waals surface area (Å²) in [4.78, 5) is 13.0. The van der Waals surface area contributed by atoms with Crippen LogP contribution in [-0.2, 0) is 31.4 Å². The number of hydrogen-bond acceptors (Lipinski definition) is 4. The van der Waals surface area contributed by atoms with E-state index in [1.807, 2.05) is 34.5 Å². The van der Waals surface area contributed by atoms with Crippen molar-refractivity contribution in [3.05, 3.63) is 82.6 Å². The number of carboxylic acid groups (broad SMARTS) is 1. The maximum Gasteiger partial charge on any atom is 0.352 e. The number of benzene rings is 3. The predicted octanol–water partition coefficient (Wildman–Crippen LogP) is 7.79. The number of aromatic carboxylic acids is 1. The molecule has 7 nitrogen and oxygen atoms in total. The molecule has 0 aliphatic carbocycles. The largest absolute Gasteiger partial charge is 0.493 e. The summed E-state index contributed by atoms with van der Waals surface area (Å²) in [5.74, 6) is -0.607. The maximum absolute atomic E-state index is 13.8. The quantitative estimate of drug-likeness (QED) is 0.212. The molecule has 0 bridgehead atoms. The van der Waals surface area contributed by atoms with Gasteiger partial charge in [0.1, 0.15) is 17.3 Å². The fraction of sp³-hybridized carbons (Fsp3) is 0.371. The minimum Gasteiger partial charge on any atom is -0.493 e. The van der Waals surface area contributed by atoms with Crippen LogP contribution >= 0.6 is 0 Å². The molecule has 1 aliphatic rings. The Morgan fingerprint density at radius 3 is 2.74 bits per heavy atom. The van der Waals surface area contributed by atoms with Gasteiger partial charge < -0.3 is 19.1 Å². The molecule has 2 aromatic heterocycles. The number of nitrogens with zero attached hydrogens (tertiary/aromatic N) is 3. The van der Waals surface area contributed by atoms with Crippen molar-refractivity contribution in [3.63, 3.8) is 0 Å². The van der Waals surface area contributed by atoms with E-state index in [-0.39, 0.29) is 11.7 Å². The molecule has 5 aromatic rings. The van der Waals surface area contributed by atoms with Crippen LogP contribution in [0.4, 0.5) is 4.39 Å². The summed E-state index contributed by atoms with van der Waals surface area (Å²) in [6.45, 7) is 8.33. The SMILES string of the molecule is CCc1nn(C)c2c1-c1c(C)ccc3c(C(C)CCOc4cccc5cc(F)ccc45)c(C(=O)O)n(c13)CCCCOC2. The first-order valence-electron chi connectivity index (χ1n) is 15.1. The number of carbonyl (C=O) groups is 1. The zero-order valence-electron chi connectivity index (χ0n) is 25.2. The summed E-state index contributed by atoms with van der Waals surface area (Å²) in [6, 6.07) is 14.5. The van der Waals surface area contributed by atoms with Crippen molar-refractivity contribution in [2.75, 3.05) is 13.2 Å². The molecule has 3 aromatic carbocycles. The van der Waals surface area contributed by atoms with Gasteiger partial charge in [0.2, 0.25) is 0 Å². The Hall–Kier alpha value is -4.17. The van der Waals surface area contributed by atoms with E-state index in [0.717, 1.165) is 74.6 Å². The van der Waals surface area contributed by atoms with Crippen molar-refractivity contribution in [1.82, 2.24) is 14.3 Å². The summed E-state index contributed by atoms with van der Waals surface area (Å²) < 4.78 is 30.0. The number of fused-ring (bicyclic) bond motifs is 3. The van der Waals surface area contributed by atoms with Gasteiger partial charge in [-0.3, -0.25) is 4.68 Å². The topological polar surface area (TPSA) is 78.5 Å². The lowest BCUT2D eigenvalue weighted by Crippen LogP contribution is -2.13. The van der Waals surface area contributed by atoms with Crippen LogP contribution < -0.4 is 4.74 Å². The Kier molecular flexibility index (Phi) is 7.97. The van der Waals surface area contributed by atoms with Crippen LogP contribution in [0, 0.1) is 12.7 Å². The molecule has 0 saturated heterocycles. The Bertz CT molecular complexity index is 1840. The molecule has 0 radical (unpaired) electrons. The molecule has 0 spiro atoms. The van der Waals surface area contributed by atoms with Crippen LogP contribution in [0.1, 0.15) is 72.0 Å². The molecule has 6 rings (SSSR count). The van der Waals surface area contributed by atoms with E-state index in [9.17, 15) is 14.3 Å². The van der Waals surface area contributed by atoms with Crippen LogP contribution in [0.25, 0.3) is 32.8 Å². The summed E-state index contributed by atoms with van der Waals surface area (Å²) in [7, 11) is 1.96. The molecule has 0 saturated carbocycles. The standard InChI is InChI=1S/C35H38FN3O4/c1-5-27-32-28(38(4)37-27)20-42-17-7-6-16-39-33-26(13-11-21(2)31(32)33)30(34(39)35(40)41)22(3)15-18-43-29-10-8-9-23-19-24(36)12-14-25(23)29/h8-14,19,22H,5-7,15-18,20H2,1-4H3,(H,40,41). The second-order valence-corrected chi connectivity index (χ2v) is 11.5. The molecular formula is C35H38FN3O4. The second-order valence-electron chi connectivity index (χ2n) is 11.5. The number of carboxylic acids is 1. The van der Waals surface area contributed by atoms with Crippen molar-refractivity contribution < 1.29 is 23.8 Å². The Balaban J connectivity index is 1.46. The van der Waals surface area contributed by atoms with Gasteiger partial charge in [-0.25, -0.2) is 9.18 Å². The van der Waals surface area contributed by atoms with Crippen molar-refractivity contribution in [3.8, 4) is 16.9 Å². The molecular weight excluding hydrogens is 545 g/mol. The molecule has 3 heterocycles. The fourth-order valence-corrected chi connectivity index (χ4v) is 6.65. The highest BCUT2D eigenvalue weighted by atomic mass is 19.1. The third kappa shape index (κ3) is 5.18. The van der Waals surface area contributed by atoms with Crippen molar-refractivity contribution in [2.24, 2.45) is 7.05 Å². The van der Waals surface area contributed by atoms with E-state index < -0.39 is 5.97 Å². The highest BCUT2D eigenvalue weighted by Crippen LogP contribution is 2.43. The molecule has 8 heteroatoms. The summed E-state index contributed by atoms with van der Waals surface area (Å²) in [5, 5.41) is 18.1. The van der Waals surface area contributed by atoms with Crippen molar-refractivity contribution >= 4 is 27.6 Å². The van der Waals surface area contributed by atoms with Gasteiger partial charge in [0.15, 0.2) is 0 Å². The Labute approximate surface area is 250 Å². The van der Waals surface area contributed by atoms with Crippen LogP contribution in [0.3, 0.4) is 0 Å². The van der Waals surface area contributed by atoms with Gasteiger partial charge in [-0.05, 0) is 79.3 Å². The number of hydrogen-bond donors (Lipinski definition) is 1. The number of halogens is 1. The summed E-state index contributed by atoms with van der Waals surface area (Å²) in [5.41, 5.74) is 7.32. The lowest BCUT2D eigenvalue weighted by atomic mass is 9.90. The second kappa shape index (κ2) is 11.8. The summed E-state index contributed by atoms with van der Waals surface area (Å²) >= 11 is 0. The molecule has 1 atom stereocenters. The van der Waals surface area contributed by atoms with Gasteiger partial charge in [-0.1, -0.05) is 38.1 Å². The molecule has 1 aliphatic heterocycles. The Morgan fingerprint density at radius 1 is 1.14 bits per heavy atom. The van der Waals surface area contributed by atoms with Crippen molar-refractivity contribution in [1.29, 1.82) is 0 Å². The molecule has 1 unspecified atom stereocenters. The van der Waals surface area contributed by atoms with Crippen LogP contribution in [0.15, 0.2) is 48.5 Å². The zero-order chi connectivity index (χ0) is 30.2. The molecule has 224 valence electrons. The lowest BCUT2D eigenvalue weighted by Gasteiger charge is -2.15. The fourth-order valence-electron chi connectivity index (χ4n) is 6.65. The Morgan fingerprint density at radius 2 is 1.95 bits per heavy atom. The molecule has 1 N–H and O–H groups in total. The third-order valence-corrected chi connectivity index (χ3v) is 8.76. The van der Waals surface area contributed by atoms with Gasteiger partial charge in [0, 0.05) is 42.1 Å². The predicted molar refractivity (Wildman–Crippen MR) is 167 cm³/mol.